The highest BCUT2D eigenvalue weighted by Crippen LogP contribution is 2.18. The van der Waals surface area contributed by atoms with E-state index >= 15 is 0 Å². The Morgan fingerprint density at radius 2 is 2.27 bits per heavy atom. The van der Waals surface area contributed by atoms with E-state index in [1.165, 1.54) is 5.01 Å². The van der Waals surface area contributed by atoms with Crippen molar-refractivity contribution in [3.05, 3.63) is 26.2 Å². The molecule has 0 saturated carbocycles. The quantitative estimate of drug-likeness (QED) is 0.612. The van der Waals surface area contributed by atoms with E-state index in [0.717, 1.165) is 12.2 Å². The second kappa shape index (κ2) is 7.13. The molecule has 1 aromatic rings. The molecule has 7 heteroatoms. The van der Waals surface area contributed by atoms with Gasteiger partial charge < -0.3 is 10.5 Å². The predicted octanol–water partition coefficient (Wildman–Crippen LogP) is 1.64. The van der Waals surface area contributed by atoms with Gasteiger partial charge in [-0.25, -0.2) is 4.98 Å². The Kier molecular flexibility index (Phi) is 6.56. The molecule has 0 aliphatic heterocycles. The molecule has 0 aliphatic rings. The van der Waals surface area contributed by atoms with Crippen LogP contribution in [-0.4, -0.2) is 22.3 Å². The summed E-state index contributed by atoms with van der Waals surface area (Å²) in [5, 5.41) is 20.1. The Hall–Kier alpha value is -1.21. The van der Waals surface area contributed by atoms with Crippen molar-refractivity contribution in [2.75, 3.05) is 7.05 Å². The number of rotatable bonds is 3. The van der Waals surface area contributed by atoms with E-state index in [9.17, 15) is 0 Å². The smallest absolute Gasteiger partial charge is 0.291 e. The Morgan fingerprint density at radius 1 is 1.73 bits per heavy atom. The Balaban J connectivity index is 0.000000423. The fourth-order valence-electron chi connectivity index (χ4n) is 0.850. The van der Waals surface area contributed by atoms with Gasteiger partial charge in [0.15, 0.2) is 0 Å². The minimum Gasteiger partial charge on any atom is -0.328 e. The third kappa shape index (κ3) is 6.81. The van der Waals surface area contributed by atoms with E-state index in [4.69, 9.17) is 15.3 Å². The van der Waals surface area contributed by atoms with E-state index < -0.39 is 5.09 Å². The number of hydrogen-bond acceptors (Lipinski definition) is 5. The van der Waals surface area contributed by atoms with Gasteiger partial charge in [-0.2, -0.15) is 0 Å². The lowest BCUT2D eigenvalue weighted by atomic mass is 10.2. The van der Waals surface area contributed by atoms with Crippen molar-refractivity contribution in [2.45, 2.75) is 26.3 Å². The third-order valence-corrected chi connectivity index (χ3v) is 2.62. The minimum atomic E-state index is -1.50. The summed E-state index contributed by atoms with van der Waals surface area (Å²) < 4.78 is 0. The first-order valence-corrected chi connectivity index (χ1v) is 5.27. The monoisotopic (exact) mass is 233 g/mol. The molecule has 1 heterocycles. The van der Waals surface area contributed by atoms with Crippen molar-refractivity contribution < 1.29 is 10.3 Å². The zero-order valence-electron chi connectivity index (χ0n) is 8.93. The second-order valence-corrected chi connectivity index (χ2v) is 3.99. The predicted molar refractivity (Wildman–Crippen MR) is 57.7 cm³/mol. The first-order valence-electron chi connectivity index (χ1n) is 4.39. The summed E-state index contributed by atoms with van der Waals surface area (Å²) in [6.07, 6.45) is 0. The molecule has 0 aliphatic carbocycles. The second-order valence-electron chi connectivity index (χ2n) is 3.10. The average Bonchev–Trinajstić information content (AvgIpc) is 2.52. The van der Waals surface area contributed by atoms with Crippen LogP contribution in [0.5, 0.6) is 0 Å². The first-order chi connectivity index (χ1) is 6.97. The van der Waals surface area contributed by atoms with Gasteiger partial charge in [-0.3, -0.25) is 0 Å². The molecule has 0 atom stereocenters. The van der Waals surface area contributed by atoms with Gasteiger partial charge in [-0.15, -0.1) is 21.5 Å². The van der Waals surface area contributed by atoms with E-state index in [-0.39, 0.29) is 0 Å². The van der Waals surface area contributed by atoms with Crippen LogP contribution >= 0.6 is 11.3 Å². The van der Waals surface area contributed by atoms with E-state index in [0.29, 0.717) is 5.92 Å². The van der Waals surface area contributed by atoms with Crippen molar-refractivity contribution >= 4 is 11.3 Å². The van der Waals surface area contributed by atoms with Crippen molar-refractivity contribution in [1.29, 1.82) is 0 Å². The summed E-state index contributed by atoms with van der Waals surface area (Å²) in [6.45, 7) is 5.22. The lowest BCUT2D eigenvalue weighted by molar-refractivity contribution is -0.742. The lowest BCUT2D eigenvalue weighted by Crippen LogP contribution is -2.05. The van der Waals surface area contributed by atoms with Gasteiger partial charge in [0.05, 0.1) is 10.7 Å². The number of nitrogens with zero attached hydrogens (tertiary/aromatic N) is 2. The van der Waals surface area contributed by atoms with Gasteiger partial charge >= 0.3 is 0 Å². The number of nitrogens with one attached hydrogen (secondary N) is 1. The molecule has 0 radical (unpaired) electrons. The van der Waals surface area contributed by atoms with Crippen LogP contribution in [0.3, 0.4) is 0 Å². The zero-order valence-corrected chi connectivity index (χ0v) is 9.74. The molecule has 1 rings (SSSR count). The highest BCUT2D eigenvalue weighted by Gasteiger charge is 2.03. The summed E-state index contributed by atoms with van der Waals surface area (Å²) in [6, 6.07) is 0. The SMILES string of the molecule is CNCc1csc(C(C)C)n1.O=[N+]([O-])O. The minimum absolute atomic E-state index is 0.561. The first kappa shape index (κ1) is 13.8. The summed E-state index contributed by atoms with van der Waals surface area (Å²) in [4.78, 5) is 12.8. The van der Waals surface area contributed by atoms with Crippen LogP contribution in [0.1, 0.15) is 30.5 Å². The van der Waals surface area contributed by atoms with Crippen molar-refractivity contribution in [3.63, 3.8) is 0 Å². The largest absolute Gasteiger partial charge is 0.328 e. The molecule has 0 aromatic carbocycles. The molecular weight excluding hydrogens is 218 g/mol. The maximum atomic E-state index is 8.36. The number of thiazole rings is 1. The van der Waals surface area contributed by atoms with Crippen LogP contribution in [0, 0.1) is 10.1 Å². The van der Waals surface area contributed by atoms with Crippen LogP contribution in [-0.2, 0) is 6.54 Å². The van der Waals surface area contributed by atoms with Crippen molar-refractivity contribution in [2.24, 2.45) is 0 Å². The molecule has 1 aromatic heterocycles. The third-order valence-electron chi connectivity index (χ3n) is 1.42. The summed E-state index contributed by atoms with van der Waals surface area (Å²) >= 11 is 1.75. The van der Waals surface area contributed by atoms with Crippen LogP contribution in [0.25, 0.3) is 0 Å². The number of hydrogen-bond donors (Lipinski definition) is 2. The molecule has 6 nitrogen and oxygen atoms in total. The van der Waals surface area contributed by atoms with E-state index in [2.05, 4.69) is 29.5 Å². The van der Waals surface area contributed by atoms with Gasteiger partial charge in [-0.1, -0.05) is 13.8 Å². The van der Waals surface area contributed by atoms with Crippen molar-refractivity contribution in [3.8, 4) is 0 Å². The molecule has 86 valence electrons. The average molecular weight is 233 g/mol. The lowest BCUT2D eigenvalue weighted by Gasteiger charge is -1.96. The van der Waals surface area contributed by atoms with Crippen LogP contribution in [0.2, 0.25) is 0 Å². The fourth-order valence-corrected chi connectivity index (χ4v) is 1.69. The Labute approximate surface area is 92.1 Å². The van der Waals surface area contributed by atoms with Crippen LogP contribution in [0.15, 0.2) is 5.38 Å². The normalized spacial score (nSPS) is 9.60. The van der Waals surface area contributed by atoms with Crippen LogP contribution in [0.4, 0.5) is 0 Å². The van der Waals surface area contributed by atoms with Gasteiger partial charge in [0, 0.05) is 17.8 Å². The Bertz CT molecular complexity index is 297. The fraction of sp³-hybridized carbons (Fsp3) is 0.625. The van der Waals surface area contributed by atoms with Crippen molar-refractivity contribution in [1.82, 2.24) is 10.3 Å². The molecule has 0 saturated heterocycles. The van der Waals surface area contributed by atoms with Gasteiger partial charge in [0.1, 0.15) is 0 Å². The Morgan fingerprint density at radius 3 is 2.60 bits per heavy atom. The van der Waals surface area contributed by atoms with Gasteiger partial charge in [0.25, 0.3) is 5.09 Å². The summed E-state index contributed by atoms with van der Waals surface area (Å²) in [7, 11) is 1.94. The van der Waals surface area contributed by atoms with Gasteiger partial charge in [0.2, 0.25) is 0 Å². The highest BCUT2D eigenvalue weighted by molar-refractivity contribution is 7.09. The molecular formula is C8H15N3O3S. The zero-order chi connectivity index (χ0) is 11.8. The maximum Gasteiger partial charge on any atom is 0.291 e. The van der Waals surface area contributed by atoms with E-state index in [1.807, 2.05) is 7.05 Å². The topological polar surface area (TPSA) is 88.3 Å². The van der Waals surface area contributed by atoms with E-state index in [1.54, 1.807) is 11.3 Å². The standard InChI is InChI=1S/C8H14N2S.HNO3/c1-6(2)8-10-7(4-9-3)5-11-8;2-1(3)4/h5-6,9H,4H2,1-3H3;(H,2,3,4). The van der Waals surface area contributed by atoms with Crippen LogP contribution < -0.4 is 5.32 Å². The summed E-state index contributed by atoms with van der Waals surface area (Å²) in [5.41, 5.74) is 1.15. The van der Waals surface area contributed by atoms with Gasteiger partial charge in [-0.05, 0) is 7.05 Å². The molecule has 0 spiro atoms. The maximum absolute atomic E-state index is 8.36. The molecule has 0 amide bonds. The summed E-state index contributed by atoms with van der Waals surface area (Å²) in [5.74, 6) is 0.561. The molecule has 0 fully saturated rings. The molecule has 0 unspecified atom stereocenters. The number of aromatic nitrogens is 1. The molecule has 15 heavy (non-hydrogen) atoms. The molecule has 0 bridgehead atoms. The highest BCUT2D eigenvalue weighted by atomic mass is 32.1. The molecule has 2 N–H and O–H groups in total.